The van der Waals surface area contributed by atoms with Crippen LogP contribution < -0.4 is 11.1 Å². The van der Waals surface area contributed by atoms with Gasteiger partial charge in [0.25, 0.3) is 0 Å². The van der Waals surface area contributed by atoms with Crippen molar-refractivity contribution < 1.29 is 4.74 Å². The van der Waals surface area contributed by atoms with E-state index in [0.717, 1.165) is 39.1 Å². The molecule has 13 heavy (non-hydrogen) atoms. The zero-order chi connectivity index (χ0) is 9.52. The first-order chi connectivity index (χ1) is 6.33. The fourth-order valence-corrected chi connectivity index (χ4v) is 1.39. The summed E-state index contributed by atoms with van der Waals surface area (Å²) in [5.74, 6) is 1.22. The molecule has 0 aromatic carbocycles. The minimum atomic E-state index is 0.564. The third kappa shape index (κ3) is 4.12. The van der Waals surface area contributed by atoms with Gasteiger partial charge in [-0.15, -0.1) is 0 Å². The van der Waals surface area contributed by atoms with Crippen molar-refractivity contribution in [2.45, 2.75) is 19.8 Å². The van der Waals surface area contributed by atoms with E-state index in [2.05, 4.69) is 10.3 Å². The van der Waals surface area contributed by atoms with Gasteiger partial charge in [-0.3, -0.25) is 4.99 Å². The molecule has 0 unspecified atom stereocenters. The van der Waals surface area contributed by atoms with Crippen LogP contribution in [-0.2, 0) is 4.74 Å². The highest BCUT2D eigenvalue weighted by Crippen LogP contribution is 2.14. The van der Waals surface area contributed by atoms with Crippen LogP contribution in [0.5, 0.6) is 0 Å². The first kappa shape index (κ1) is 10.3. The molecule has 0 atom stereocenters. The Morgan fingerprint density at radius 2 is 2.23 bits per heavy atom. The van der Waals surface area contributed by atoms with Gasteiger partial charge in [-0.05, 0) is 25.7 Å². The highest BCUT2D eigenvalue weighted by molar-refractivity contribution is 5.77. The quantitative estimate of drug-likeness (QED) is 0.492. The maximum Gasteiger partial charge on any atom is 0.188 e. The standard InChI is InChI=1S/C9H19N3O/c1-2-11-9(10)12-7-8-3-5-13-6-4-8/h8H,2-7H2,1H3,(H3,10,11,12). The zero-order valence-electron chi connectivity index (χ0n) is 8.25. The number of rotatable bonds is 3. The summed E-state index contributed by atoms with van der Waals surface area (Å²) in [7, 11) is 0. The molecular formula is C9H19N3O. The van der Waals surface area contributed by atoms with Gasteiger partial charge in [0.15, 0.2) is 5.96 Å². The number of hydrogen-bond acceptors (Lipinski definition) is 2. The van der Waals surface area contributed by atoms with E-state index in [4.69, 9.17) is 10.5 Å². The fraction of sp³-hybridized carbons (Fsp3) is 0.889. The van der Waals surface area contributed by atoms with Gasteiger partial charge in [0.2, 0.25) is 0 Å². The number of ether oxygens (including phenoxy) is 1. The molecule has 3 N–H and O–H groups in total. The van der Waals surface area contributed by atoms with E-state index in [0.29, 0.717) is 11.9 Å². The average Bonchev–Trinajstić information content (AvgIpc) is 2.17. The molecular weight excluding hydrogens is 166 g/mol. The number of nitrogens with two attached hydrogens (primary N) is 1. The lowest BCUT2D eigenvalue weighted by atomic mass is 10.0. The maximum absolute atomic E-state index is 5.61. The number of nitrogens with zero attached hydrogens (tertiary/aromatic N) is 1. The van der Waals surface area contributed by atoms with Crippen molar-refractivity contribution >= 4 is 5.96 Å². The second kappa shape index (κ2) is 5.80. The lowest BCUT2D eigenvalue weighted by Gasteiger charge is -2.20. The molecule has 0 spiro atoms. The van der Waals surface area contributed by atoms with E-state index in [1.807, 2.05) is 6.92 Å². The van der Waals surface area contributed by atoms with Crippen LogP contribution in [0.4, 0.5) is 0 Å². The molecule has 1 aliphatic heterocycles. The maximum atomic E-state index is 5.61. The summed E-state index contributed by atoms with van der Waals surface area (Å²) in [6.07, 6.45) is 2.23. The molecule has 0 aliphatic carbocycles. The van der Waals surface area contributed by atoms with Crippen molar-refractivity contribution in [3.05, 3.63) is 0 Å². The third-order valence-corrected chi connectivity index (χ3v) is 2.22. The first-order valence-electron chi connectivity index (χ1n) is 4.94. The summed E-state index contributed by atoms with van der Waals surface area (Å²) in [5.41, 5.74) is 5.61. The van der Waals surface area contributed by atoms with Gasteiger partial charge in [0, 0.05) is 26.3 Å². The molecule has 0 radical (unpaired) electrons. The number of guanidine groups is 1. The molecule has 0 bridgehead atoms. The average molecular weight is 185 g/mol. The van der Waals surface area contributed by atoms with Crippen molar-refractivity contribution in [1.82, 2.24) is 5.32 Å². The van der Waals surface area contributed by atoms with Crippen LogP contribution in [0.25, 0.3) is 0 Å². The molecule has 0 amide bonds. The van der Waals surface area contributed by atoms with Crippen molar-refractivity contribution in [3.63, 3.8) is 0 Å². The van der Waals surface area contributed by atoms with Crippen LogP contribution in [-0.4, -0.2) is 32.3 Å². The highest BCUT2D eigenvalue weighted by Gasteiger charge is 2.12. The number of nitrogens with one attached hydrogen (secondary N) is 1. The van der Waals surface area contributed by atoms with E-state index < -0.39 is 0 Å². The predicted molar refractivity (Wildman–Crippen MR) is 53.7 cm³/mol. The van der Waals surface area contributed by atoms with Crippen molar-refractivity contribution in [1.29, 1.82) is 0 Å². The van der Waals surface area contributed by atoms with Crippen LogP contribution >= 0.6 is 0 Å². The molecule has 4 heteroatoms. The first-order valence-corrected chi connectivity index (χ1v) is 4.94. The molecule has 0 aromatic heterocycles. The Morgan fingerprint density at radius 1 is 1.54 bits per heavy atom. The summed E-state index contributed by atoms with van der Waals surface area (Å²) in [4.78, 5) is 4.27. The Morgan fingerprint density at radius 3 is 2.85 bits per heavy atom. The second-order valence-electron chi connectivity index (χ2n) is 3.31. The summed E-state index contributed by atoms with van der Waals surface area (Å²) in [5, 5.41) is 2.98. The van der Waals surface area contributed by atoms with E-state index >= 15 is 0 Å². The topological polar surface area (TPSA) is 59.6 Å². The SMILES string of the molecule is CCNC(N)=NCC1CCOCC1. The second-order valence-corrected chi connectivity index (χ2v) is 3.31. The normalized spacial score (nSPS) is 20.2. The molecule has 1 fully saturated rings. The van der Waals surface area contributed by atoms with E-state index in [1.165, 1.54) is 0 Å². The summed E-state index contributed by atoms with van der Waals surface area (Å²) in [6, 6.07) is 0. The highest BCUT2D eigenvalue weighted by atomic mass is 16.5. The van der Waals surface area contributed by atoms with Crippen LogP contribution in [0.2, 0.25) is 0 Å². The Labute approximate surface area is 79.6 Å². The van der Waals surface area contributed by atoms with Crippen LogP contribution in [0.15, 0.2) is 4.99 Å². The summed E-state index contributed by atoms with van der Waals surface area (Å²) >= 11 is 0. The Balaban J connectivity index is 2.19. The molecule has 4 nitrogen and oxygen atoms in total. The lowest BCUT2D eigenvalue weighted by molar-refractivity contribution is 0.0689. The lowest BCUT2D eigenvalue weighted by Crippen LogP contribution is -2.32. The molecule has 0 saturated carbocycles. The Kier molecular flexibility index (Phi) is 4.60. The predicted octanol–water partition coefficient (Wildman–Crippen LogP) is 0.337. The summed E-state index contributed by atoms with van der Waals surface area (Å²) in [6.45, 7) is 5.44. The molecule has 0 aromatic rings. The van der Waals surface area contributed by atoms with Crippen LogP contribution in [0.3, 0.4) is 0 Å². The zero-order valence-corrected chi connectivity index (χ0v) is 8.25. The summed E-state index contributed by atoms with van der Waals surface area (Å²) < 4.78 is 5.26. The van der Waals surface area contributed by atoms with Crippen molar-refractivity contribution in [2.24, 2.45) is 16.6 Å². The minimum absolute atomic E-state index is 0.564. The van der Waals surface area contributed by atoms with Gasteiger partial charge in [0.1, 0.15) is 0 Å². The van der Waals surface area contributed by atoms with Gasteiger partial charge in [-0.2, -0.15) is 0 Å². The number of hydrogen-bond donors (Lipinski definition) is 2. The van der Waals surface area contributed by atoms with E-state index in [-0.39, 0.29) is 0 Å². The van der Waals surface area contributed by atoms with Gasteiger partial charge in [0.05, 0.1) is 0 Å². The van der Waals surface area contributed by atoms with Crippen LogP contribution in [0, 0.1) is 5.92 Å². The monoisotopic (exact) mass is 185 g/mol. The molecule has 1 heterocycles. The van der Waals surface area contributed by atoms with Gasteiger partial charge >= 0.3 is 0 Å². The van der Waals surface area contributed by atoms with Gasteiger partial charge < -0.3 is 15.8 Å². The van der Waals surface area contributed by atoms with Crippen molar-refractivity contribution in [3.8, 4) is 0 Å². The minimum Gasteiger partial charge on any atom is -0.381 e. The Bertz CT molecular complexity index is 164. The third-order valence-electron chi connectivity index (χ3n) is 2.22. The van der Waals surface area contributed by atoms with Gasteiger partial charge in [-0.1, -0.05) is 0 Å². The van der Waals surface area contributed by atoms with Crippen molar-refractivity contribution in [2.75, 3.05) is 26.3 Å². The van der Waals surface area contributed by atoms with E-state index in [9.17, 15) is 0 Å². The molecule has 1 aliphatic rings. The Hall–Kier alpha value is -0.770. The van der Waals surface area contributed by atoms with E-state index in [1.54, 1.807) is 0 Å². The molecule has 1 saturated heterocycles. The number of aliphatic imine (C=N–C) groups is 1. The van der Waals surface area contributed by atoms with Gasteiger partial charge in [-0.25, -0.2) is 0 Å². The smallest absolute Gasteiger partial charge is 0.188 e. The molecule has 1 rings (SSSR count). The van der Waals surface area contributed by atoms with Crippen LogP contribution in [0.1, 0.15) is 19.8 Å². The fourth-order valence-electron chi connectivity index (χ4n) is 1.39. The largest absolute Gasteiger partial charge is 0.381 e. The molecule has 76 valence electrons.